The monoisotopic (exact) mass is 400 g/mol. The SMILES string of the molecule is C=C1OC(COCCCC)[C@@H](OCCCC)C(OCCCC)C1OCCCC. The minimum absolute atomic E-state index is 0.206. The maximum atomic E-state index is 6.29. The Morgan fingerprint density at radius 3 is 1.79 bits per heavy atom. The van der Waals surface area contributed by atoms with Crippen LogP contribution in [0.5, 0.6) is 0 Å². The van der Waals surface area contributed by atoms with Crippen molar-refractivity contribution in [1.29, 1.82) is 0 Å². The average Bonchev–Trinajstić information content (AvgIpc) is 2.69. The first kappa shape index (κ1) is 25.4. The lowest BCUT2D eigenvalue weighted by molar-refractivity contribution is -0.214. The highest BCUT2D eigenvalue weighted by Crippen LogP contribution is 2.30. The molecule has 1 saturated heterocycles. The van der Waals surface area contributed by atoms with Gasteiger partial charge in [0.05, 0.1) is 6.61 Å². The van der Waals surface area contributed by atoms with E-state index in [1.165, 1.54) is 0 Å². The van der Waals surface area contributed by atoms with Gasteiger partial charge in [-0.05, 0) is 25.7 Å². The Morgan fingerprint density at radius 1 is 0.714 bits per heavy atom. The molecule has 0 amide bonds. The van der Waals surface area contributed by atoms with Crippen molar-refractivity contribution in [2.45, 2.75) is 103 Å². The molecule has 1 heterocycles. The zero-order valence-electron chi connectivity index (χ0n) is 18.8. The van der Waals surface area contributed by atoms with Crippen LogP contribution in [-0.4, -0.2) is 57.5 Å². The Morgan fingerprint density at radius 2 is 1.21 bits per heavy atom. The summed E-state index contributed by atoms with van der Waals surface area (Å²) in [5.74, 6) is 0.636. The fourth-order valence-electron chi connectivity index (χ4n) is 3.12. The van der Waals surface area contributed by atoms with Crippen molar-refractivity contribution in [2.24, 2.45) is 0 Å². The number of hydrogen-bond acceptors (Lipinski definition) is 5. The molecule has 4 atom stereocenters. The summed E-state index contributed by atoms with van der Waals surface area (Å²) in [6.07, 6.45) is 7.58. The van der Waals surface area contributed by atoms with E-state index < -0.39 is 0 Å². The largest absolute Gasteiger partial charge is 0.487 e. The van der Waals surface area contributed by atoms with Crippen LogP contribution in [0.15, 0.2) is 12.3 Å². The van der Waals surface area contributed by atoms with Crippen LogP contribution in [0.3, 0.4) is 0 Å². The van der Waals surface area contributed by atoms with Gasteiger partial charge in [-0.15, -0.1) is 0 Å². The molecule has 0 aromatic rings. The van der Waals surface area contributed by atoms with Crippen molar-refractivity contribution < 1.29 is 23.7 Å². The summed E-state index contributed by atoms with van der Waals surface area (Å²) in [5.41, 5.74) is 0. The Balaban J connectivity index is 2.86. The zero-order valence-corrected chi connectivity index (χ0v) is 18.8. The third kappa shape index (κ3) is 9.25. The van der Waals surface area contributed by atoms with E-state index in [0.717, 1.165) is 58.0 Å². The van der Waals surface area contributed by atoms with Gasteiger partial charge in [-0.3, -0.25) is 0 Å². The highest BCUT2D eigenvalue weighted by molar-refractivity contribution is 5.07. The molecule has 1 aliphatic rings. The van der Waals surface area contributed by atoms with E-state index in [4.69, 9.17) is 23.7 Å². The highest BCUT2D eigenvalue weighted by Gasteiger charge is 2.45. The molecule has 0 radical (unpaired) electrons. The molecule has 5 nitrogen and oxygen atoms in total. The topological polar surface area (TPSA) is 46.2 Å². The van der Waals surface area contributed by atoms with E-state index >= 15 is 0 Å². The first-order chi connectivity index (χ1) is 13.7. The van der Waals surface area contributed by atoms with Crippen LogP contribution in [0, 0.1) is 0 Å². The summed E-state index contributed by atoms with van der Waals surface area (Å²) < 4.78 is 30.7. The molecular weight excluding hydrogens is 356 g/mol. The van der Waals surface area contributed by atoms with Gasteiger partial charge in [0.15, 0.2) is 6.10 Å². The van der Waals surface area contributed by atoms with Crippen molar-refractivity contribution >= 4 is 0 Å². The van der Waals surface area contributed by atoms with Gasteiger partial charge in [0.25, 0.3) is 0 Å². The molecule has 0 aliphatic carbocycles. The summed E-state index contributed by atoms with van der Waals surface area (Å²) in [5, 5.41) is 0. The lowest BCUT2D eigenvalue weighted by atomic mass is 9.97. The molecule has 3 unspecified atom stereocenters. The van der Waals surface area contributed by atoms with Crippen molar-refractivity contribution in [1.82, 2.24) is 0 Å². The Hall–Kier alpha value is -0.620. The lowest BCUT2D eigenvalue weighted by Gasteiger charge is -2.43. The number of hydrogen-bond donors (Lipinski definition) is 0. The highest BCUT2D eigenvalue weighted by atomic mass is 16.6. The van der Waals surface area contributed by atoms with E-state index in [9.17, 15) is 0 Å². The van der Waals surface area contributed by atoms with Crippen LogP contribution >= 0.6 is 0 Å². The second-order valence-electron chi connectivity index (χ2n) is 7.57. The molecule has 1 fully saturated rings. The van der Waals surface area contributed by atoms with Gasteiger partial charge in [0, 0.05) is 26.4 Å². The van der Waals surface area contributed by atoms with Crippen LogP contribution in [0.2, 0.25) is 0 Å². The molecule has 0 bridgehead atoms. The normalized spacial score (nSPS) is 25.1. The molecule has 1 aliphatic heterocycles. The van der Waals surface area contributed by atoms with Crippen molar-refractivity contribution in [3.8, 4) is 0 Å². The number of ether oxygens (including phenoxy) is 5. The van der Waals surface area contributed by atoms with Gasteiger partial charge in [-0.25, -0.2) is 0 Å². The summed E-state index contributed by atoms with van der Waals surface area (Å²) in [6, 6.07) is 0. The standard InChI is InChI=1S/C23H44O5/c1-6-10-14-24-18-20-22(26-16-12-8-3)23(27-17-13-9-4)21(19(5)28-20)25-15-11-7-2/h20-23H,5-18H2,1-4H3/t20?,21?,22-,23?/m1/s1. The summed E-state index contributed by atoms with van der Waals surface area (Å²) in [6.45, 7) is 16.1. The maximum absolute atomic E-state index is 6.29. The van der Waals surface area contributed by atoms with Gasteiger partial charge < -0.3 is 23.7 Å². The zero-order chi connectivity index (χ0) is 20.6. The minimum atomic E-state index is -0.290. The Bertz CT molecular complexity index is 387. The Kier molecular flexibility index (Phi) is 14.7. The molecule has 28 heavy (non-hydrogen) atoms. The fourth-order valence-corrected chi connectivity index (χ4v) is 3.12. The Labute approximate surface area is 173 Å². The second-order valence-corrected chi connectivity index (χ2v) is 7.57. The van der Waals surface area contributed by atoms with E-state index in [-0.39, 0.29) is 24.4 Å². The first-order valence-electron chi connectivity index (χ1n) is 11.5. The lowest BCUT2D eigenvalue weighted by Crippen LogP contribution is -2.56. The molecule has 5 heteroatoms. The molecule has 166 valence electrons. The number of rotatable bonds is 17. The van der Waals surface area contributed by atoms with Gasteiger partial charge >= 0.3 is 0 Å². The molecule has 0 aromatic carbocycles. The molecule has 0 aromatic heterocycles. The van der Waals surface area contributed by atoms with Crippen LogP contribution in [-0.2, 0) is 23.7 Å². The van der Waals surface area contributed by atoms with Gasteiger partial charge in [0.1, 0.15) is 24.1 Å². The van der Waals surface area contributed by atoms with Crippen molar-refractivity contribution in [3.63, 3.8) is 0 Å². The van der Waals surface area contributed by atoms with Gasteiger partial charge in [0.2, 0.25) is 0 Å². The first-order valence-corrected chi connectivity index (χ1v) is 11.5. The molecule has 1 rings (SSSR count). The predicted octanol–water partition coefficient (Wildman–Crippen LogP) is 5.27. The smallest absolute Gasteiger partial charge is 0.150 e. The van der Waals surface area contributed by atoms with Crippen molar-refractivity contribution in [3.05, 3.63) is 12.3 Å². The van der Waals surface area contributed by atoms with E-state index in [1.54, 1.807) is 0 Å². The molecule has 0 saturated carbocycles. The van der Waals surface area contributed by atoms with E-state index in [0.29, 0.717) is 32.2 Å². The van der Waals surface area contributed by atoms with Crippen LogP contribution in [0.25, 0.3) is 0 Å². The third-order valence-electron chi connectivity index (χ3n) is 4.94. The van der Waals surface area contributed by atoms with Crippen molar-refractivity contribution in [2.75, 3.05) is 33.0 Å². The maximum Gasteiger partial charge on any atom is 0.150 e. The summed E-state index contributed by atoms with van der Waals surface area (Å²) >= 11 is 0. The fraction of sp³-hybridized carbons (Fsp3) is 0.913. The average molecular weight is 401 g/mol. The van der Waals surface area contributed by atoms with Crippen LogP contribution in [0.1, 0.15) is 79.1 Å². The van der Waals surface area contributed by atoms with Crippen LogP contribution in [0.4, 0.5) is 0 Å². The van der Waals surface area contributed by atoms with E-state index in [1.807, 2.05) is 0 Å². The number of unbranched alkanes of at least 4 members (excludes halogenated alkanes) is 4. The second kappa shape index (κ2) is 16.2. The third-order valence-corrected chi connectivity index (χ3v) is 4.94. The molecule has 0 spiro atoms. The summed E-state index contributed by atoms with van der Waals surface area (Å²) in [7, 11) is 0. The van der Waals surface area contributed by atoms with Gasteiger partial charge in [-0.2, -0.15) is 0 Å². The minimum Gasteiger partial charge on any atom is -0.487 e. The quantitative estimate of drug-likeness (QED) is 0.311. The predicted molar refractivity (Wildman–Crippen MR) is 114 cm³/mol. The van der Waals surface area contributed by atoms with E-state index in [2.05, 4.69) is 34.3 Å². The molecule has 0 N–H and O–H groups in total. The van der Waals surface area contributed by atoms with Crippen LogP contribution < -0.4 is 0 Å². The van der Waals surface area contributed by atoms with Gasteiger partial charge in [-0.1, -0.05) is 60.0 Å². The summed E-state index contributed by atoms with van der Waals surface area (Å²) in [4.78, 5) is 0. The molecular formula is C23H44O5.